The summed E-state index contributed by atoms with van der Waals surface area (Å²) in [7, 11) is 0. The smallest absolute Gasteiger partial charge is 0.319 e. The van der Waals surface area contributed by atoms with Crippen LogP contribution in [0.15, 0.2) is 12.4 Å². The SMILES string of the molecule is O=C(NCC1(O)CCCCCC1)Nc1cnc(C2CC2)nc1. The van der Waals surface area contributed by atoms with Crippen LogP contribution < -0.4 is 10.6 Å². The minimum Gasteiger partial charge on any atom is -0.388 e. The second kappa shape index (κ2) is 6.60. The molecule has 0 aliphatic heterocycles. The molecule has 2 aliphatic carbocycles. The van der Waals surface area contributed by atoms with Gasteiger partial charge in [0.05, 0.1) is 23.7 Å². The normalized spacial score (nSPS) is 21.0. The van der Waals surface area contributed by atoms with E-state index in [-0.39, 0.29) is 6.03 Å². The van der Waals surface area contributed by atoms with Crippen molar-refractivity contribution in [2.75, 3.05) is 11.9 Å². The molecule has 120 valence electrons. The van der Waals surface area contributed by atoms with Crippen molar-refractivity contribution in [2.45, 2.75) is 62.9 Å². The maximum absolute atomic E-state index is 11.9. The number of nitrogens with zero attached hydrogens (tertiary/aromatic N) is 2. The van der Waals surface area contributed by atoms with Crippen molar-refractivity contribution in [2.24, 2.45) is 0 Å². The van der Waals surface area contributed by atoms with Crippen LogP contribution in [-0.2, 0) is 0 Å². The predicted octanol–water partition coefficient (Wildman–Crippen LogP) is 2.56. The van der Waals surface area contributed by atoms with E-state index in [4.69, 9.17) is 0 Å². The van der Waals surface area contributed by atoms with Crippen LogP contribution in [-0.4, -0.2) is 33.3 Å². The summed E-state index contributed by atoms with van der Waals surface area (Å²) in [6, 6.07) is -0.319. The third-order valence-electron chi connectivity index (χ3n) is 4.48. The van der Waals surface area contributed by atoms with Crippen molar-refractivity contribution < 1.29 is 9.90 Å². The fourth-order valence-corrected chi connectivity index (χ4v) is 2.94. The van der Waals surface area contributed by atoms with Gasteiger partial charge in [0.2, 0.25) is 0 Å². The Kier molecular flexibility index (Phi) is 4.57. The van der Waals surface area contributed by atoms with Gasteiger partial charge in [-0.15, -0.1) is 0 Å². The van der Waals surface area contributed by atoms with Gasteiger partial charge in [-0.2, -0.15) is 0 Å². The maximum Gasteiger partial charge on any atom is 0.319 e. The van der Waals surface area contributed by atoms with Gasteiger partial charge in [0.15, 0.2) is 0 Å². The van der Waals surface area contributed by atoms with Crippen LogP contribution in [0.1, 0.15) is 63.1 Å². The van der Waals surface area contributed by atoms with Gasteiger partial charge >= 0.3 is 6.03 Å². The molecule has 1 aromatic heterocycles. The van der Waals surface area contributed by atoms with Crippen LogP contribution in [0.3, 0.4) is 0 Å². The molecule has 0 bridgehead atoms. The van der Waals surface area contributed by atoms with E-state index in [1.807, 2.05) is 0 Å². The molecule has 3 N–H and O–H groups in total. The van der Waals surface area contributed by atoms with Gasteiger partial charge in [0, 0.05) is 12.5 Å². The van der Waals surface area contributed by atoms with E-state index in [0.717, 1.165) is 44.3 Å². The average molecular weight is 304 g/mol. The molecule has 1 aromatic rings. The monoisotopic (exact) mass is 304 g/mol. The molecule has 22 heavy (non-hydrogen) atoms. The third-order valence-corrected chi connectivity index (χ3v) is 4.48. The highest BCUT2D eigenvalue weighted by molar-refractivity contribution is 5.88. The van der Waals surface area contributed by atoms with Crippen molar-refractivity contribution in [1.29, 1.82) is 0 Å². The van der Waals surface area contributed by atoms with Crippen LogP contribution in [0.2, 0.25) is 0 Å². The summed E-state index contributed by atoms with van der Waals surface area (Å²) >= 11 is 0. The lowest BCUT2D eigenvalue weighted by atomic mass is 9.95. The first-order valence-electron chi connectivity index (χ1n) is 8.24. The van der Waals surface area contributed by atoms with E-state index in [1.165, 1.54) is 12.8 Å². The molecule has 0 saturated heterocycles. The molecule has 0 radical (unpaired) electrons. The second-order valence-electron chi connectivity index (χ2n) is 6.55. The largest absolute Gasteiger partial charge is 0.388 e. The number of aromatic nitrogens is 2. The van der Waals surface area contributed by atoms with Crippen molar-refractivity contribution >= 4 is 11.7 Å². The molecule has 2 aliphatic rings. The maximum atomic E-state index is 11.9. The van der Waals surface area contributed by atoms with Gasteiger partial charge in [0.1, 0.15) is 5.82 Å². The van der Waals surface area contributed by atoms with Crippen molar-refractivity contribution in [3.05, 3.63) is 18.2 Å². The summed E-state index contributed by atoms with van der Waals surface area (Å²) in [4.78, 5) is 20.5. The molecule has 6 nitrogen and oxygen atoms in total. The Morgan fingerprint density at radius 2 is 1.82 bits per heavy atom. The summed E-state index contributed by atoms with van der Waals surface area (Å²) < 4.78 is 0. The van der Waals surface area contributed by atoms with Gasteiger partial charge < -0.3 is 15.7 Å². The Hall–Kier alpha value is -1.69. The molecule has 3 rings (SSSR count). The Labute approximate surface area is 130 Å². The van der Waals surface area contributed by atoms with E-state index >= 15 is 0 Å². The van der Waals surface area contributed by atoms with Crippen LogP contribution in [0, 0.1) is 0 Å². The van der Waals surface area contributed by atoms with Crippen molar-refractivity contribution in [1.82, 2.24) is 15.3 Å². The first-order chi connectivity index (χ1) is 10.6. The Morgan fingerprint density at radius 1 is 1.18 bits per heavy atom. The zero-order valence-electron chi connectivity index (χ0n) is 12.8. The Morgan fingerprint density at radius 3 is 2.41 bits per heavy atom. The molecule has 6 heteroatoms. The van der Waals surface area contributed by atoms with E-state index in [1.54, 1.807) is 12.4 Å². The number of urea groups is 1. The Bertz CT molecular complexity index is 505. The van der Waals surface area contributed by atoms with Crippen LogP contribution in [0.4, 0.5) is 10.5 Å². The van der Waals surface area contributed by atoms with Crippen LogP contribution in [0.25, 0.3) is 0 Å². The fourth-order valence-electron chi connectivity index (χ4n) is 2.94. The van der Waals surface area contributed by atoms with Crippen LogP contribution >= 0.6 is 0 Å². The van der Waals surface area contributed by atoms with Crippen molar-refractivity contribution in [3.63, 3.8) is 0 Å². The molecule has 2 fully saturated rings. The number of hydrogen-bond acceptors (Lipinski definition) is 4. The van der Waals surface area contributed by atoms with Gasteiger partial charge in [-0.05, 0) is 25.7 Å². The Balaban J connectivity index is 1.47. The topological polar surface area (TPSA) is 87.1 Å². The van der Waals surface area contributed by atoms with E-state index in [0.29, 0.717) is 18.2 Å². The number of amides is 2. The van der Waals surface area contributed by atoms with E-state index < -0.39 is 5.60 Å². The standard InChI is InChI=1S/C16H24N4O2/c21-15(19-11-16(22)7-3-1-2-4-8-16)20-13-9-17-14(18-10-13)12-5-6-12/h9-10,12,22H,1-8,11H2,(H2,19,20,21). The number of hydrogen-bond donors (Lipinski definition) is 3. The highest BCUT2D eigenvalue weighted by Gasteiger charge is 2.28. The highest BCUT2D eigenvalue weighted by atomic mass is 16.3. The lowest BCUT2D eigenvalue weighted by Crippen LogP contribution is -2.44. The quantitative estimate of drug-likeness (QED) is 0.746. The molecule has 0 spiro atoms. The van der Waals surface area contributed by atoms with Gasteiger partial charge in [0.25, 0.3) is 0 Å². The van der Waals surface area contributed by atoms with Crippen molar-refractivity contribution in [3.8, 4) is 0 Å². The molecular formula is C16H24N4O2. The molecule has 2 saturated carbocycles. The minimum absolute atomic E-state index is 0.292. The number of anilines is 1. The molecule has 0 aromatic carbocycles. The van der Waals surface area contributed by atoms with E-state index in [9.17, 15) is 9.90 Å². The molecule has 0 unspecified atom stereocenters. The van der Waals surface area contributed by atoms with Gasteiger partial charge in [-0.25, -0.2) is 14.8 Å². The zero-order chi connectivity index (χ0) is 15.4. The summed E-state index contributed by atoms with van der Waals surface area (Å²) in [6.45, 7) is 0.292. The number of aliphatic hydroxyl groups is 1. The number of rotatable bonds is 4. The minimum atomic E-state index is -0.764. The summed E-state index contributed by atoms with van der Waals surface area (Å²) in [5.41, 5.74) is -0.185. The first-order valence-corrected chi connectivity index (χ1v) is 8.24. The molecule has 1 heterocycles. The van der Waals surface area contributed by atoms with E-state index in [2.05, 4.69) is 20.6 Å². The van der Waals surface area contributed by atoms with Crippen LogP contribution in [0.5, 0.6) is 0 Å². The summed E-state index contributed by atoms with van der Waals surface area (Å²) in [6.07, 6.45) is 11.5. The highest BCUT2D eigenvalue weighted by Crippen LogP contribution is 2.37. The second-order valence-corrected chi connectivity index (χ2v) is 6.55. The zero-order valence-corrected chi connectivity index (χ0v) is 12.8. The summed E-state index contributed by atoms with van der Waals surface area (Å²) in [5.74, 6) is 1.37. The lowest BCUT2D eigenvalue weighted by molar-refractivity contribution is 0.0281. The fraction of sp³-hybridized carbons (Fsp3) is 0.688. The molecule has 2 amide bonds. The number of carbonyl (C=O) groups is 1. The molecule has 0 atom stereocenters. The third kappa shape index (κ3) is 4.16. The summed E-state index contributed by atoms with van der Waals surface area (Å²) in [5, 5.41) is 16.0. The predicted molar refractivity (Wildman–Crippen MR) is 83.7 cm³/mol. The average Bonchev–Trinajstić information content (AvgIpc) is 3.35. The van der Waals surface area contributed by atoms with Gasteiger partial charge in [-0.1, -0.05) is 25.7 Å². The molecular weight excluding hydrogens is 280 g/mol. The number of carbonyl (C=O) groups excluding carboxylic acids is 1. The van der Waals surface area contributed by atoms with Gasteiger partial charge in [-0.3, -0.25) is 0 Å². The first kappa shape index (κ1) is 15.2. The lowest BCUT2D eigenvalue weighted by Gasteiger charge is -2.26. The number of nitrogens with one attached hydrogen (secondary N) is 2.